The van der Waals surface area contributed by atoms with Gasteiger partial charge in [-0.15, -0.1) is 0 Å². The molecule has 0 heterocycles. The number of anilines is 1. The van der Waals surface area contributed by atoms with E-state index in [2.05, 4.69) is 26.4 Å². The Morgan fingerprint density at radius 2 is 2.10 bits per heavy atom. The number of amides is 1. The molecule has 2 aromatic carbocycles. The zero-order valence-electron chi connectivity index (χ0n) is 11.5. The van der Waals surface area contributed by atoms with Crippen molar-refractivity contribution in [2.24, 2.45) is 5.16 Å². The first-order chi connectivity index (χ1) is 10.1. The summed E-state index contributed by atoms with van der Waals surface area (Å²) in [6.07, 6.45) is 1.56. The van der Waals surface area contributed by atoms with Gasteiger partial charge in [-0.1, -0.05) is 51.4 Å². The fourth-order valence-electron chi connectivity index (χ4n) is 1.69. The van der Waals surface area contributed by atoms with E-state index in [0.717, 1.165) is 21.3 Å². The third-order valence-corrected chi connectivity index (χ3v) is 3.39. The summed E-state index contributed by atoms with van der Waals surface area (Å²) in [5.41, 5.74) is 2.72. The molecule has 5 heteroatoms. The molecule has 0 atom stereocenters. The Bertz CT molecular complexity index is 656. The number of nitrogens with one attached hydrogen (secondary N) is 1. The van der Waals surface area contributed by atoms with Crippen LogP contribution in [0.15, 0.2) is 58.2 Å². The summed E-state index contributed by atoms with van der Waals surface area (Å²) in [5.74, 6) is -0.245. The molecule has 2 aromatic rings. The third kappa shape index (κ3) is 5.04. The smallest absolute Gasteiger partial charge is 0.265 e. The maximum Gasteiger partial charge on any atom is 0.265 e. The molecule has 0 radical (unpaired) electrons. The van der Waals surface area contributed by atoms with Crippen LogP contribution in [0.3, 0.4) is 0 Å². The lowest BCUT2D eigenvalue weighted by molar-refractivity contribution is -0.120. The van der Waals surface area contributed by atoms with Crippen molar-refractivity contribution < 1.29 is 9.63 Å². The van der Waals surface area contributed by atoms with Crippen LogP contribution in [0, 0.1) is 6.92 Å². The Labute approximate surface area is 131 Å². The summed E-state index contributed by atoms with van der Waals surface area (Å²) in [6, 6.07) is 15.2. The third-order valence-electron chi connectivity index (χ3n) is 2.67. The fraction of sp³-hybridized carbons (Fsp3) is 0.125. The molecule has 1 amide bonds. The molecule has 0 saturated carbocycles. The molecular formula is C16H15BrN2O2. The topological polar surface area (TPSA) is 50.7 Å². The van der Waals surface area contributed by atoms with Gasteiger partial charge < -0.3 is 10.2 Å². The predicted octanol–water partition coefficient (Wildman–Crippen LogP) is 3.75. The molecule has 4 nitrogen and oxygen atoms in total. The van der Waals surface area contributed by atoms with E-state index in [4.69, 9.17) is 4.84 Å². The van der Waals surface area contributed by atoms with Crippen molar-refractivity contribution in [3.63, 3.8) is 0 Å². The summed E-state index contributed by atoms with van der Waals surface area (Å²) in [6.45, 7) is 1.84. The molecule has 0 saturated heterocycles. The molecule has 0 aromatic heterocycles. The van der Waals surface area contributed by atoms with E-state index in [9.17, 15) is 4.79 Å². The van der Waals surface area contributed by atoms with Crippen LogP contribution in [0.1, 0.15) is 11.1 Å². The van der Waals surface area contributed by atoms with Crippen LogP contribution in [-0.4, -0.2) is 18.7 Å². The first-order valence-electron chi connectivity index (χ1n) is 6.41. The molecule has 0 unspecified atom stereocenters. The first kappa shape index (κ1) is 15.3. The van der Waals surface area contributed by atoms with Gasteiger partial charge in [0.05, 0.1) is 6.21 Å². The molecule has 1 N–H and O–H groups in total. The second-order valence-electron chi connectivity index (χ2n) is 4.45. The van der Waals surface area contributed by atoms with Crippen LogP contribution in [0.25, 0.3) is 0 Å². The van der Waals surface area contributed by atoms with Gasteiger partial charge in [0.15, 0.2) is 6.61 Å². The Morgan fingerprint density at radius 1 is 1.29 bits per heavy atom. The van der Waals surface area contributed by atoms with Crippen molar-refractivity contribution in [3.8, 4) is 0 Å². The number of oxime groups is 1. The van der Waals surface area contributed by atoms with Crippen LogP contribution in [0.5, 0.6) is 0 Å². The Morgan fingerprint density at radius 3 is 2.86 bits per heavy atom. The molecule has 2 rings (SSSR count). The van der Waals surface area contributed by atoms with E-state index in [1.165, 1.54) is 0 Å². The van der Waals surface area contributed by atoms with Gasteiger partial charge in [0.1, 0.15) is 0 Å². The van der Waals surface area contributed by atoms with Gasteiger partial charge >= 0.3 is 0 Å². The minimum absolute atomic E-state index is 0.130. The quantitative estimate of drug-likeness (QED) is 0.662. The van der Waals surface area contributed by atoms with Gasteiger partial charge in [0.25, 0.3) is 5.91 Å². The summed E-state index contributed by atoms with van der Waals surface area (Å²) >= 11 is 3.40. The fourth-order valence-corrected chi connectivity index (χ4v) is 2.08. The van der Waals surface area contributed by atoms with E-state index >= 15 is 0 Å². The highest BCUT2D eigenvalue weighted by atomic mass is 79.9. The Hall–Kier alpha value is -2.14. The average molecular weight is 347 g/mol. The number of hydrogen-bond donors (Lipinski definition) is 1. The lowest BCUT2D eigenvalue weighted by Crippen LogP contribution is -2.16. The van der Waals surface area contributed by atoms with Crippen molar-refractivity contribution in [3.05, 3.63) is 64.1 Å². The molecule has 108 valence electrons. The first-order valence-corrected chi connectivity index (χ1v) is 7.21. The second-order valence-corrected chi connectivity index (χ2v) is 5.30. The molecule has 0 bridgehead atoms. The summed E-state index contributed by atoms with van der Waals surface area (Å²) in [5, 5.41) is 6.53. The Kier molecular flexibility index (Phi) is 5.51. The van der Waals surface area contributed by atoms with Gasteiger partial charge in [-0.25, -0.2) is 0 Å². The Balaban J connectivity index is 1.81. The predicted molar refractivity (Wildman–Crippen MR) is 87.5 cm³/mol. The molecule has 0 aliphatic heterocycles. The minimum atomic E-state index is -0.245. The highest BCUT2D eigenvalue weighted by molar-refractivity contribution is 9.10. The summed E-state index contributed by atoms with van der Waals surface area (Å²) in [7, 11) is 0. The van der Waals surface area contributed by atoms with E-state index in [1.54, 1.807) is 6.21 Å². The van der Waals surface area contributed by atoms with Gasteiger partial charge in [-0.3, -0.25) is 4.79 Å². The van der Waals surface area contributed by atoms with Crippen LogP contribution < -0.4 is 5.32 Å². The van der Waals surface area contributed by atoms with E-state index in [1.807, 2.05) is 55.5 Å². The number of benzene rings is 2. The number of carbonyl (C=O) groups excluding carboxylic acids is 1. The maximum atomic E-state index is 11.7. The number of halogens is 1. The van der Waals surface area contributed by atoms with Gasteiger partial charge in [0, 0.05) is 15.7 Å². The van der Waals surface area contributed by atoms with Crippen LogP contribution in [0.2, 0.25) is 0 Å². The number of rotatable bonds is 5. The molecule has 0 fully saturated rings. The van der Waals surface area contributed by atoms with Crippen molar-refractivity contribution in [1.29, 1.82) is 0 Å². The van der Waals surface area contributed by atoms with Crippen molar-refractivity contribution in [2.45, 2.75) is 6.92 Å². The lowest BCUT2D eigenvalue weighted by Gasteiger charge is -2.04. The normalized spacial score (nSPS) is 10.6. The molecular weight excluding hydrogens is 332 g/mol. The highest BCUT2D eigenvalue weighted by Gasteiger charge is 2.02. The largest absolute Gasteiger partial charge is 0.386 e. The number of hydrogen-bond acceptors (Lipinski definition) is 3. The van der Waals surface area contributed by atoms with Gasteiger partial charge in [0.2, 0.25) is 0 Å². The minimum Gasteiger partial charge on any atom is -0.386 e. The van der Waals surface area contributed by atoms with Crippen LogP contribution >= 0.6 is 15.9 Å². The molecule has 0 aliphatic rings. The van der Waals surface area contributed by atoms with Crippen molar-refractivity contribution >= 4 is 33.7 Å². The second kappa shape index (κ2) is 7.59. The van der Waals surface area contributed by atoms with E-state index < -0.39 is 0 Å². The summed E-state index contributed by atoms with van der Waals surface area (Å²) < 4.78 is 0.918. The highest BCUT2D eigenvalue weighted by Crippen LogP contribution is 2.13. The number of aryl methyl sites for hydroxylation is 1. The van der Waals surface area contributed by atoms with E-state index in [0.29, 0.717) is 0 Å². The summed E-state index contributed by atoms with van der Waals surface area (Å²) in [4.78, 5) is 16.7. The van der Waals surface area contributed by atoms with Crippen LogP contribution in [-0.2, 0) is 9.63 Å². The maximum absolute atomic E-state index is 11.7. The number of carbonyl (C=O) groups is 1. The van der Waals surface area contributed by atoms with Gasteiger partial charge in [-0.2, -0.15) is 0 Å². The molecule has 0 aliphatic carbocycles. The molecule has 21 heavy (non-hydrogen) atoms. The molecule has 0 spiro atoms. The van der Waals surface area contributed by atoms with Gasteiger partial charge in [-0.05, 0) is 30.7 Å². The van der Waals surface area contributed by atoms with E-state index in [-0.39, 0.29) is 12.5 Å². The lowest BCUT2D eigenvalue weighted by atomic mass is 10.2. The SMILES string of the molecule is Cc1cccc(NC(=O)CO/N=C\c2ccccc2Br)c1. The van der Waals surface area contributed by atoms with Crippen molar-refractivity contribution in [1.82, 2.24) is 0 Å². The zero-order chi connectivity index (χ0) is 15.1. The zero-order valence-corrected chi connectivity index (χ0v) is 13.1. The average Bonchev–Trinajstić information content (AvgIpc) is 2.45. The standard InChI is InChI=1S/C16H15BrN2O2/c1-12-5-4-7-14(9-12)19-16(20)11-21-18-10-13-6-2-3-8-15(13)17/h2-10H,11H2,1H3,(H,19,20)/b18-10-. The van der Waals surface area contributed by atoms with Crippen molar-refractivity contribution in [2.75, 3.05) is 11.9 Å². The van der Waals surface area contributed by atoms with Crippen LogP contribution in [0.4, 0.5) is 5.69 Å². The number of nitrogens with zero attached hydrogens (tertiary/aromatic N) is 1. The monoisotopic (exact) mass is 346 g/mol.